The molecule has 0 aromatic heterocycles. The van der Waals surface area contributed by atoms with Crippen LogP contribution in [-0.4, -0.2) is 0 Å². The standard InChI is InChI=1S/C58H39N/c1-3-16-41(17-4-1)50-36-34-48(38-55(50)46-28-27-40-15-7-8-21-45(40)37-46)59(58-26-14-13-23-51(58)42-18-5-2-6-19-42)47-32-29-44(30-33-47)56-39-57-49-22-10-9-20-43(49)31-35-54(57)52-24-11-12-25-53(52)56/h1-39H. The molecular weight excluding hydrogens is 711 g/mol. The lowest BCUT2D eigenvalue weighted by atomic mass is 9.90. The maximum Gasteiger partial charge on any atom is 0.0540 e. The lowest BCUT2D eigenvalue weighted by molar-refractivity contribution is 1.28. The van der Waals surface area contributed by atoms with Crippen molar-refractivity contribution in [1.29, 1.82) is 0 Å². The summed E-state index contributed by atoms with van der Waals surface area (Å²) in [5.74, 6) is 0. The largest absolute Gasteiger partial charge is 0.310 e. The van der Waals surface area contributed by atoms with Crippen LogP contribution in [0.15, 0.2) is 237 Å². The molecule has 11 rings (SSSR count). The molecule has 11 aromatic rings. The van der Waals surface area contributed by atoms with E-state index in [9.17, 15) is 0 Å². The summed E-state index contributed by atoms with van der Waals surface area (Å²) in [5, 5.41) is 10.1. The van der Waals surface area contributed by atoms with Gasteiger partial charge in [0.25, 0.3) is 0 Å². The maximum absolute atomic E-state index is 2.43. The van der Waals surface area contributed by atoms with Gasteiger partial charge in [0.05, 0.1) is 5.69 Å². The van der Waals surface area contributed by atoms with Crippen LogP contribution in [0.2, 0.25) is 0 Å². The van der Waals surface area contributed by atoms with E-state index in [4.69, 9.17) is 0 Å². The Kier molecular flexibility index (Phi) is 8.56. The summed E-state index contributed by atoms with van der Waals surface area (Å²) in [7, 11) is 0. The van der Waals surface area contributed by atoms with E-state index >= 15 is 0 Å². The number of nitrogens with zero attached hydrogens (tertiary/aromatic N) is 1. The van der Waals surface area contributed by atoms with Gasteiger partial charge in [0.1, 0.15) is 0 Å². The van der Waals surface area contributed by atoms with E-state index in [1.807, 2.05) is 0 Å². The molecule has 0 radical (unpaired) electrons. The zero-order chi connectivity index (χ0) is 39.1. The van der Waals surface area contributed by atoms with Crippen molar-refractivity contribution in [3.63, 3.8) is 0 Å². The molecule has 0 bridgehead atoms. The number of benzene rings is 11. The molecule has 11 aromatic carbocycles. The maximum atomic E-state index is 2.43. The molecule has 0 aliphatic carbocycles. The van der Waals surface area contributed by atoms with Crippen molar-refractivity contribution in [3.05, 3.63) is 237 Å². The first-order valence-corrected chi connectivity index (χ1v) is 20.3. The van der Waals surface area contributed by atoms with Gasteiger partial charge in [-0.05, 0) is 124 Å². The molecular formula is C58H39N. The van der Waals surface area contributed by atoms with Crippen LogP contribution in [0.5, 0.6) is 0 Å². The first kappa shape index (κ1) is 34.5. The normalized spacial score (nSPS) is 11.4. The van der Waals surface area contributed by atoms with Crippen molar-refractivity contribution < 1.29 is 0 Å². The van der Waals surface area contributed by atoms with Crippen molar-refractivity contribution in [2.75, 3.05) is 4.90 Å². The summed E-state index contributed by atoms with van der Waals surface area (Å²) < 4.78 is 0. The first-order valence-electron chi connectivity index (χ1n) is 20.3. The van der Waals surface area contributed by atoms with Crippen molar-refractivity contribution in [1.82, 2.24) is 0 Å². The third-order valence-corrected chi connectivity index (χ3v) is 11.8. The highest BCUT2D eigenvalue weighted by Crippen LogP contribution is 2.45. The molecule has 1 nitrogen and oxygen atoms in total. The van der Waals surface area contributed by atoms with E-state index in [1.165, 1.54) is 87.6 Å². The van der Waals surface area contributed by atoms with Crippen LogP contribution in [0, 0.1) is 0 Å². The highest BCUT2D eigenvalue weighted by atomic mass is 15.1. The van der Waals surface area contributed by atoms with Gasteiger partial charge in [-0.25, -0.2) is 0 Å². The Morgan fingerprint density at radius 3 is 1.54 bits per heavy atom. The minimum atomic E-state index is 1.09. The molecule has 1 heteroatoms. The van der Waals surface area contributed by atoms with E-state index < -0.39 is 0 Å². The monoisotopic (exact) mass is 749 g/mol. The lowest BCUT2D eigenvalue weighted by Gasteiger charge is -2.29. The summed E-state index contributed by atoms with van der Waals surface area (Å²) in [6, 6.07) is 86.3. The predicted molar refractivity (Wildman–Crippen MR) is 253 cm³/mol. The third-order valence-electron chi connectivity index (χ3n) is 11.8. The summed E-state index contributed by atoms with van der Waals surface area (Å²) in [6.45, 7) is 0. The molecule has 0 N–H and O–H groups in total. The van der Waals surface area contributed by atoms with Crippen LogP contribution in [0.4, 0.5) is 17.1 Å². The second-order valence-corrected chi connectivity index (χ2v) is 15.3. The Balaban J connectivity index is 1.12. The van der Waals surface area contributed by atoms with Gasteiger partial charge in [-0.2, -0.15) is 0 Å². The summed E-state index contributed by atoms with van der Waals surface area (Å²) >= 11 is 0. The van der Waals surface area contributed by atoms with Crippen molar-refractivity contribution in [3.8, 4) is 44.5 Å². The molecule has 0 spiro atoms. The fraction of sp³-hybridized carbons (Fsp3) is 0. The molecule has 0 aliphatic heterocycles. The SMILES string of the molecule is c1ccc(-c2ccc(N(c3ccc(-c4cc5c6ccccc6ccc5c5ccccc45)cc3)c3ccccc3-c3ccccc3)cc2-c2ccc3ccccc3c2)cc1. The highest BCUT2D eigenvalue weighted by molar-refractivity contribution is 6.21. The average molecular weight is 750 g/mol. The van der Waals surface area contributed by atoms with Crippen molar-refractivity contribution in [2.24, 2.45) is 0 Å². The Hall–Kier alpha value is -7.74. The van der Waals surface area contributed by atoms with Gasteiger partial charge in [-0.3, -0.25) is 0 Å². The van der Waals surface area contributed by atoms with Gasteiger partial charge in [0.2, 0.25) is 0 Å². The van der Waals surface area contributed by atoms with Gasteiger partial charge in [0.15, 0.2) is 0 Å². The molecule has 0 heterocycles. The van der Waals surface area contributed by atoms with Crippen LogP contribution in [-0.2, 0) is 0 Å². The number of rotatable bonds is 7. The first-order chi connectivity index (χ1) is 29.3. The van der Waals surface area contributed by atoms with Crippen LogP contribution >= 0.6 is 0 Å². The minimum Gasteiger partial charge on any atom is -0.310 e. The molecule has 0 amide bonds. The van der Waals surface area contributed by atoms with Crippen LogP contribution in [0.25, 0.3) is 87.6 Å². The van der Waals surface area contributed by atoms with Gasteiger partial charge in [0, 0.05) is 16.9 Å². The molecule has 59 heavy (non-hydrogen) atoms. The van der Waals surface area contributed by atoms with E-state index in [0.717, 1.165) is 17.1 Å². The topological polar surface area (TPSA) is 3.24 Å². The Bertz CT molecular complexity index is 3310. The van der Waals surface area contributed by atoms with Gasteiger partial charge in [-0.15, -0.1) is 0 Å². The van der Waals surface area contributed by atoms with Gasteiger partial charge < -0.3 is 4.90 Å². The van der Waals surface area contributed by atoms with Crippen LogP contribution in [0.1, 0.15) is 0 Å². The average Bonchev–Trinajstić information content (AvgIpc) is 3.32. The molecule has 0 unspecified atom stereocenters. The Labute approximate surface area is 344 Å². The second-order valence-electron chi connectivity index (χ2n) is 15.3. The molecule has 0 saturated heterocycles. The molecule has 0 fully saturated rings. The van der Waals surface area contributed by atoms with Gasteiger partial charge >= 0.3 is 0 Å². The Morgan fingerprint density at radius 1 is 0.220 bits per heavy atom. The fourth-order valence-electron chi connectivity index (χ4n) is 8.98. The van der Waals surface area contributed by atoms with Crippen LogP contribution < -0.4 is 4.90 Å². The highest BCUT2D eigenvalue weighted by Gasteiger charge is 2.20. The van der Waals surface area contributed by atoms with Crippen LogP contribution in [0.3, 0.4) is 0 Å². The number of hydrogen-bond acceptors (Lipinski definition) is 1. The quantitative estimate of drug-likeness (QED) is 0.147. The lowest BCUT2D eigenvalue weighted by Crippen LogP contribution is -2.11. The molecule has 0 atom stereocenters. The second kappa shape index (κ2) is 14.6. The smallest absolute Gasteiger partial charge is 0.0540 e. The summed E-state index contributed by atoms with van der Waals surface area (Å²) in [6.07, 6.45) is 0. The number of anilines is 3. The predicted octanol–water partition coefficient (Wildman–Crippen LogP) is 16.4. The fourth-order valence-corrected chi connectivity index (χ4v) is 8.98. The zero-order valence-corrected chi connectivity index (χ0v) is 32.5. The molecule has 0 aliphatic rings. The van der Waals surface area contributed by atoms with E-state index in [0.29, 0.717) is 0 Å². The van der Waals surface area contributed by atoms with Crippen molar-refractivity contribution in [2.45, 2.75) is 0 Å². The summed E-state index contributed by atoms with van der Waals surface area (Å²) in [5.41, 5.74) is 12.8. The molecule has 276 valence electrons. The molecule has 0 saturated carbocycles. The Morgan fingerprint density at radius 2 is 0.763 bits per heavy atom. The zero-order valence-electron chi connectivity index (χ0n) is 32.5. The van der Waals surface area contributed by atoms with Crippen molar-refractivity contribution >= 4 is 60.2 Å². The number of para-hydroxylation sites is 1. The van der Waals surface area contributed by atoms with E-state index in [1.54, 1.807) is 0 Å². The third kappa shape index (κ3) is 6.21. The van der Waals surface area contributed by atoms with Gasteiger partial charge in [-0.1, -0.05) is 194 Å². The minimum absolute atomic E-state index is 1.09. The number of fused-ring (bicyclic) bond motifs is 6. The summed E-state index contributed by atoms with van der Waals surface area (Å²) in [4.78, 5) is 2.43. The van der Waals surface area contributed by atoms with E-state index in [-0.39, 0.29) is 0 Å². The van der Waals surface area contributed by atoms with E-state index in [2.05, 4.69) is 241 Å². The number of hydrogen-bond donors (Lipinski definition) is 0.